The smallest absolute Gasteiger partial charge is 0.251 e. The van der Waals surface area contributed by atoms with Gasteiger partial charge in [-0.3, -0.25) is 4.79 Å². The van der Waals surface area contributed by atoms with Crippen LogP contribution in [-0.4, -0.2) is 51.4 Å². The number of likely N-dealkylation sites (N-methyl/N-ethyl adjacent to an activating group) is 1. The zero-order valence-electron chi connectivity index (χ0n) is 17.1. The Kier molecular flexibility index (Phi) is 7.21. The van der Waals surface area contributed by atoms with Crippen LogP contribution < -0.4 is 10.2 Å². The molecule has 0 radical (unpaired) electrons. The molecule has 0 aromatic heterocycles. The van der Waals surface area contributed by atoms with Crippen LogP contribution in [0.25, 0.3) is 0 Å². The zero-order valence-corrected chi connectivity index (χ0v) is 17.9. The standard InChI is InChI=1S/C21H29N3O3S/c1-16(2)24(5)28(26,27)20-13-9-10-18(14-20)21(25)22-15-17(3)23(4)19-11-7-6-8-12-19/h6-14,16-17H,15H2,1-5H3,(H,22,25). The molecule has 0 aliphatic heterocycles. The maximum absolute atomic E-state index is 12.6. The van der Waals surface area contributed by atoms with E-state index in [2.05, 4.69) is 10.2 Å². The molecule has 0 saturated carbocycles. The molecule has 2 aromatic rings. The highest BCUT2D eigenvalue weighted by atomic mass is 32.2. The third kappa shape index (κ3) is 5.11. The molecular weight excluding hydrogens is 374 g/mol. The summed E-state index contributed by atoms with van der Waals surface area (Å²) in [6, 6.07) is 16.0. The Balaban J connectivity index is 2.07. The summed E-state index contributed by atoms with van der Waals surface area (Å²) in [7, 11) is -0.121. The first-order valence-corrected chi connectivity index (χ1v) is 10.7. The van der Waals surface area contributed by atoms with Gasteiger partial charge in [0, 0.05) is 44.0 Å². The van der Waals surface area contributed by atoms with Crippen molar-refractivity contribution in [2.24, 2.45) is 0 Å². The number of amides is 1. The molecule has 0 saturated heterocycles. The number of hydrogen-bond acceptors (Lipinski definition) is 4. The summed E-state index contributed by atoms with van der Waals surface area (Å²) in [6.07, 6.45) is 0. The lowest BCUT2D eigenvalue weighted by Gasteiger charge is -2.27. The van der Waals surface area contributed by atoms with E-state index in [0.717, 1.165) is 5.69 Å². The van der Waals surface area contributed by atoms with Gasteiger partial charge in [-0.15, -0.1) is 0 Å². The van der Waals surface area contributed by atoms with E-state index in [1.807, 2.05) is 44.3 Å². The van der Waals surface area contributed by atoms with Gasteiger partial charge in [0.05, 0.1) is 4.90 Å². The number of rotatable bonds is 8. The van der Waals surface area contributed by atoms with Crippen LogP contribution in [0.1, 0.15) is 31.1 Å². The summed E-state index contributed by atoms with van der Waals surface area (Å²) in [4.78, 5) is 14.8. The van der Waals surface area contributed by atoms with E-state index in [4.69, 9.17) is 0 Å². The first-order chi connectivity index (χ1) is 13.1. The molecule has 1 unspecified atom stereocenters. The van der Waals surface area contributed by atoms with Gasteiger partial charge in [0.2, 0.25) is 10.0 Å². The molecule has 1 amide bonds. The Labute approximate surface area is 168 Å². The summed E-state index contributed by atoms with van der Waals surface area (Å²) in [5.74, 6) is -0.294. The van der Waals surface area contributed by atoms with Gasteiger partial charge in [-0.05, 0) is 51.1 Å². The lowest BCUT2D eigenvalue weighted by Crippen LogP contribution is -2.40. The van der Waals surface area contributed by atoms with E-state index in [0.29, 0.717) is 12.1 Å². The van der Waals surface area contributed by atoms with E-state index >= 15 is 0 Å². The third-order valence-corrected chi connectivity index (χ3v) is 6.91. The Morgan fingerprint density at radius 3 is 2.25 bits per heavy atom. The summed E-state index contributed by atoms with van der Waals surface area (Å²) < 4.78 is 26.6. The maximum atomic E-state index is 12.6. The highest BCUT2D eigenvalue weighted by Crippen LogP contribution is 2.18. The number of benzene rings is 2. The van der Waals surface area contributed by atoms with Crippen LogP contribution in [-0.2, 0) is 10.0 Å². The molecule has 152 valence electrons. The zero-order chi connectivity index (χ0) is 20.9. The maximum Gasteiger partial charge on any atom is 0.251 e. The van der Waals surface area contributed by atoms with Gasteiger partial charge in [-0.25, -0.2) is 8.42 Å². The molecular formula is C21H29N3O3S. The van der Waals surface area contributed by atoms with E-state index in [9.17, 15) is 13.2 Å². The highest BCUT2D eigenvalue weighted by molar-refractivity contribution is 7.89. The number of hydrogen-bond donors (Lipinski definition) is 1. The largest absolute Gasteiger partial charge is 0.370 e. The highest BCUT2D eigenvalue weighted by Gasteiger charge is 2.24. The van der Waals surface area contributed by atoms with Crippen LogP contribution in [0, 0.1) is 0 Å². The molecule has 1 atom stereocenters. The van der Waals surface area contributed by atoms with Crippen LogP contribution in [0.15, 0.2) is 59.5 Å². The monoisotopic (exact) mass is 403 g/mol. The first kappa shape index (κ1) is 21.9. The second-order valence-electron chi connectivity index (χ2n) is 7.15. The van der Waals surface area contributed by atoms with Crippen molar-refractivity contribution in [1.82, 2.24) is 9.62 Å². The average molecular weight is 404 g/mol. The van der Waals surface area contributed by atoms with Gasteiger partial charge in [0.15, 0.2) is 0 Å². The van der Waals surface area contributed by atoms with Crippen LogP contribution in [0.2, 0.25) is 0 Å². The fourth-order valence-electron chi connectivity index (χ4n) is 2.64. The Bertz CT molecular complexity index is 898. The quantitative estimate of drug-likeness (QED) is 0.736. The minimum absolute atomic E-state index is 0.0744. The number of carbonyl (C=O) groups is 1. The van der Waals surface area contributed by atoms with Crippen molar-refractivity contribution in [3.05, 3.63) is 60.2 Å². The first-order valence-electron chi connectivity index (χ1n) is 9.28. The second kappa shape index (κ2) is 9.21. The van der Waals surface area contributed by atoms with E-state index in [1.165, 1.54) is 23.5 Å². The van der Waals surface area contributed by atoms with Gasteiger partial charge in [-0.1, -0.05) is 24.3 Å². The molecule has 0 aliphatic rings. The number of carbonyl (C=O) groups excluding carboxylic acids is 1. The fraction of sp³-hybridized carbons (Fsp3) is 0.381. The summed E-state index contributed by atoms with van der Waals surface area (Å²) in [5, 5.41) is 2.89. The van der Waals surface area contributed by atoms with Gasteiger partial charge in [-0.2, -0.15) is 4.31 Å². The van der Waals surface area contributed by atoms with Crippen molar-refractivity contribution >= 4 is 21.6 Å². The Hall–Kier alpha value is -2.38. The van der Waals surface area contributed by atoms with Crippen LogP contribution in [0.5, 0.6) is 0 Å². The molecule has 0 fully saturated rings. The van der Waals surface area contributed by atoms with E-state index in [1.54, 1.807) is 26.0 Å². The Morgan fingerprint density at radius 1 is 1.00 bits per heavy atom. The molecule has 28 heavy (non-hydrogen) atoms. The van der Waals surface area contributed by atoms with E-state index < -0.39 is 10.0 Å². The summed E-state index contributed by atoms with van der Waals surface area (Å²) in [6.45, 7) is 6.07. The van der Waals surface area contributed by atoms with E-state index in [-0.39, 0.29) is 22.9 Å². The molecule has 0 heterocycles. The van der Waals surface area contributed by atoms with Crippen molar-refractivity contribution in [1.29, 1.82) is 0 Å². The molecule has 0 spiro atoms. The molecule has 0 aliphatic carbocycles. The minimum Gasteiger partial charge on any atom is -0.370 e. The van der Waals surface area contributed by atoms with Crippen molar-refractivity contribution in [2.75, 3.05) is 25.5 Å². The minimum atomic E-state index is -3.63. The molecule has 2 aromatic carbocycles. The SMILES string of the molecule is CC(CNC(=O)c1cccc(S(=O)(=O)N(C)C(C)C)c1)N(C)c1ccccc1. The predicted octanol–water partition coefficient (Wildman–Crippen LogP) is 2.97. The molecule has 2 rings (SSSR count). The van der Waals surface area contributed by atoms with Crippen molar-refractivity contribution in [3.63, 3.8) is 0 Å². The predicted molar refractivity (Wildman–Crippen MR) is 113 cm³/mol. The van der Waals surface area contributed by atoms with Crippen molar-refractivity contribution < 1.29 is 13.2 Å². The van der Waals surface area contributed by atoms with Crippen LogP contribution in [0.3, 0.4) is 0 Å². The molecule has 7 heteroatoms. The lowest BCUT2D eigenvalue weighted by molar-refractivity contribution is 0.0951. The van der Waals surface area contributed by atoms with Gasteiger partial charge in [0.25, 0.3) is 5.91 Å². The number of nitrogens with one attached hydrogen (secondary N) is 1. The Morgan fingerprint density at radius 2 is 1.64 bits per heavy atom. The lowest BCUT2D eigenvalue weighted by atomic mass is 10.2. The number of sulfonamides is 1. The fourth-order valence-corrected chi connectivity index (χ4v) is 4.05. The number of para-hydroxylation sites is 1. The van der Waals surface area contributed by atoms with Gasteiger partial charge in [0.1, 0.15) is 0 Å². The number of anilines is 1. The van der Waals surface area contributed by atoms with Gasteiger partial charge >= 0.3 is 0 Å². The van der Waals surface area contributed by atoms with Gasteiger partial charge < -0.3 is 10.2 Å². The van der Waals surface area contributed by atoms with Crippen LogP contribution >= 0.6 is 0 Å². The molecule has 1 N–H and O–H groups in total. The average Bonchev–Trinajstić information content (AvgIpc) is 2.71. The second-order valence-corrected chi connectivity index (χ2v) is 9.15. The molecule has 6 nitrogen and oxygen atoms in total. The normalized spacial score (nSPS) is 12.8. The third-order valence-electron chi connectivity index (χ3n) is 4.88. The summed E-state index contributed by atoms with van der Waals surface area (Å²) in [5.41, 5.74) is 1.39. The summed E-state index contributed by atoms with van der Waals surface area (Å²) >= 11 is 0. The van der Waals surface area contributed by atoms with Crippen molar-refractivity contribution in [2.45, 2.75) is 37.8 Å². The van der Waals surface area contributed by atoms with Crippen molar-refractivity contribution in [3.8, 4) is 0 Å². The van der Waals surface area contributed by atoms with Crippen LogP contribution in [0.4, 0.5) is 5.69 Å². The molecule has 0 bridgehead atoms. The topological polar surface area (TPSA) is 69.7 Å². The number of nitrogens with zero attached hydrogens (tertiary/aromatic N) is 2.